The average Bonchev–Trinajstić information content (AvgIpc) is 3.34. The quantitative estimate of drug-likeness (QED) is 0.460. The maximum absolute atomic E-state index is 9.96. The molecule has 9 nitrogen and oxygen atoms in total. The number of anilines is 2. The van der Waals surface area contributed by atoms with Crippen LogP contribution in [0.25, 0.3) is 0 Å². The molecule has 0 saturated carbocycles. The molecule has 0 unspecified atom stereocenters. The molecular weight excluding hydrogens is 436 g/mol. The van der Waals surface area contributed by atoms with Crippen LogP contribution in [0.5, 0.6) is 0 Å². The van der Waals surface area contributed by atoms with E-state index in [9.17, 15) is 5.11 Å². The van der Waals surface area contributed by atoms with Crippen molar-refractivity contribution in [2.45, 2.75) is 47.2 Å². The number of aromatic nitrogens is 5. The Morgan fingerprint density at radius 3 is 2.87 bits per heavy atom. The number of pyridine rings is 1. The molecule has 31 heavy (non-hydrogen) atoms. The number of halogens is 1. The molecule has 6 N–H and O–H groups in total. The Balaban J connectivity index is 1.35. The fourth-order valence-corrected chi connectivity index (χ4v) is 5.75. The van der Waals surface area contributed by atoms with Gasteiger partial charge in [0.25, 0.3) is 0 Å². The van der Waals surface area contributed by atoms with Crippen molar-refractivity contribution in [2.24, 2.45) is 5.73 Å². The lowest BCUT2D eigenvalue weighted by atomic mass is 9.73. The zero-order chi connectivity index (χ0) is 21.6. The molecule has 1 spiro atoms. The summed E-state index contributed by atoms with van der Waals surface area (Å²) in [6.45, 7) is 1.37. The minimum atomic E-state index is -0.200. The highest BCUT2D eigenvalue weighted by Gasteiger charge is 2.48. The summed E-state index contributed by atoms with van der Waals surface area (Å²) in [5.41, 5.74) is 15.2. The molecule has 1 saturated heterocycles. The number of rotatable bonds is 4. The van der Waals surface area contributed by atoms with E-state index in [1.165, 1.54) is 23.0 Å². The van der Waals surface area contributed by atoms with Crippen molar-refractivity contribution in [1.29, 1.82) is 0 Å². The average molecular weight is 459 g/mol. The Bertz CT molecular complexity index is 1110. The van der Waals surface area contributed by atoms with Crippen molar-refractivity contribution in [3.8, 4) is 0 Å². The molecule has 1 aliphatic carbocycles. The molecule has 1 fully saturated rings. The second kappa shape index (κ2) is 7.94. The standard InChI is InChI=1S/C20H23ClN8OS/c21-16-13(1-4-24-18(16)23)31-15-9-25-19(12(10-30)27-15)29-5-2-20(3-6-29)14(22)7-11-8-26-28-17(11)20/h1,4,8-9,14,30H,2-3,5-7,10,22H2,(H2,23,24)(H,26,28)/t14-/m1/s1. The number of hydrogen-bond acceptors (Lipinski definition) is 9. The van der Waals surface area contributed by atoms with Gasteiger partial charge in [0.05, 0.1) is 24.0 Å². The second-order valence-corrected chi connectivity index (χ2v) is 9.41. The van der Waals surface area contributed by atoms with Crippen LogP contribution in [-0.4, -0.2) is 49.4 Å². The Labute approximate surface area is 188 Å². The minimum absolute atomic E-state index is 0.0665. The van der Waals surface area contributed by atoms with Gasteiger partial charge in [-0.25, -0.2) is 15.0 Å². The summed E-state index contributed by atoms with van der Waals surface area (Å²) in [6, 6.07) is 1.87. The van der Waals surface area contributed by atoms with Crippen LogP contribution in [0.4, 0.5) is 11.6 Å². The summed E-state index contributed by atoms with van der Waals surface area (Å²) in [6.07, 6.45) is 7.86. The van der Waals surface area contributed by atoms with Gasteiger partial charge in [-0.3, -0.25) is 5.10 Å². The van der Waals surface area contributed by atoms with E-state index in [2.05, 4.69) is 30.0 Å². The number of hydrogen-bond donors (Lipinski definition) is 4. The summed E-state index contributed by atoms with van der Waals surface area (Å²) in [4.78, 5) is 16.1. The number of nitrogens with one attached hydrogen (secondary N) is 1. The molecule has 1 atom stereocenters. The summed E-state index contributed by atoms with van der Waals surface area (Å²) in [7, 11) is 0. The smallest absolute Gasteiger partial charge is 0.152 e. The van der Waals surface area contributed by atoms with Crippen molar-refractivity contribution in [1.82, 2.24) is 25.1 Å². The van der Waals surface area contributed by atoms with E-state index in [1.54, 1.807) is 18.5 Å². The van der Waals surface area contributed by atoms with E-state index in [0.29, 0.717) is 21.6 Å². The van der Waals surface area contributed by atoms with Crippen molar-refractivity contribution in [2.75, 3.05) is 23.7 Å². The van der Waals surface area contributed by atoms with Gasteiger partial charge in [-0.1, -0.05) is 23.4 Å². The first-order valence-electron chi connectivity index (χ1n) is 10.1. The van der Waals surface area contributed by atoms with Gasteiger partial charge < -0.3 is 21.5 Å². The van der Waals surface area contributed by atoms with Crippen LogP contribution in [0.1, 0.15) is 29.8 Å². The molecule has 0 radical (unpaired) electrons. The van der Waals surface area contributed by atoms with E-state index in [1.807, 2.05) is 6.20 Å². The van der Waals surface area contributed by atoms with Crippen LogP contribution in [0.2, 0.25) is 5.02 Å². The molecule has 11 heteroatoms. The van der Waals surface area contributed by atoms with E-state index in [4.69, 9.17) is 23.1 Å². The molecule has 0 bridgehead atoms. The second-order valence-electron chi connectivity index (χ2n) is 7.97. The molecule has 4 heterocycles. The predicted molar refractivity (Wildman–Crippen MR) is 119 cm³/mol. The van der Waals surface area contributed by atoms with Gasteiger partial charge in [0.15, 0.2) is 5.82 Å². The largest absolute Gasteiger partial charge is 0.390 e. The van der Waals surface area contributed by atoms with Crippen molar-refractivity contribution < 1.29 is 5.11 Å². The van der Waals surface area contributed by atoms with Crippen LogP contribution < -0.4 is 16.4 Å². The van der Waals surface area contributed by atoms with Gasteiger partial charge in [-0.05, 0) is 30.9 Å². The third-order valence-corrected chi connectivity index (χ3v) is 7.84. The topological polar surface area (TPSA) is 143 Å². The summed E-state index contributed by atoms with van der Waals surface area (Å²) in [5.74, 6) is 0.977. The number of aromatic amines is 1. The number of piperidine rings is 1. The summed E-state index contributed by atoms with van der Waals surface area (Å²) < 4.78 is 0. The number of nitrogens with two attached hydrogens (primary N) is 2. The number of H-pyrrole nitrogens is 1. The predicted octanol–water partition coefficient (Wildman–Crippen LogP) is 1.90. The first-order valence-corrected chi connectivity index (χ1v) is 11.3. The molecule has 3 aromatic heterocycles. The van der Waals surface area contributed by atoms with Gasteiger partial charge in [-0.2, -0.15) is 5.10 Å². The van der Waals surface area contributed by atoms with Crippen LogP contribution in [0.3, 0.4) is 0 Å². The Morgan fingerprint density at radius 1 is 1.29 bits per heavy atom. The van der Waals surface area contributed by atoms with Gasteiger partial charge in [0.2, 0.25) is 0 Å². The third kappa shape index (κ3) is 3.43. The van der Waals surface area contributed by atoms with E-state index < -0.39 is 0 Å². The van der Waals surface area contributed by atoms with Crippen LogP contribution in [-0.2, 0) is 18.4 Å². The van der Waals surface area contributed by atoms with Crippen LogP contribution in [0.15, 0.2) is 34.6 Å². The van der Waals surface area contributed by atoms with Gasteiger partial charge >= 0.3 is 0 Å². The first kappa shape index (κ1) is 20.5. The number of nitrogens with zero attached hydrogens (tertiary/aromatic N) is 5. The maximum atomic E-state index is 9.96. The van der Waals surface area contributed by atoms with Gasteiger partial charge in [0.1, 0.15) is 16.5 Å². The van der Waals surface area contributed by atoms with E-state index in [0.717, 1.165) is 37.2 Å². The Morgan fingerprint density at radius 2 is 2.10 bits per heavy atom. The van der Waals surface area contributed by atoms with Crippen LogP contribution in [0, 0.1) is 0 Å². The normalized spacial score (nSPS) is 19.7. The van der Waals surface area contributed by atoms with Crippen LogP contribution >= 0.6 is 23.4 Å². The van der Waals surface area contributed by atoms with Gasteiger partial charge in [0, 0.05) is 41.3 Å². The third-order valence-electron chi connectivity index (χ3n) is 6.37. The highest BCUT2D eigenvalue weighted by Crippen LogP contribution is 2.45. The lowest BCUT2D eigenvalue weighted by Crippen LogP contribution is -2.51. The lowest BCUT2D eigenvalue weighted by molar-refractivity contribution is 0.270. The van der Waals surface area contributed by atoms with E-state index >= 15 is 0 Å². The highest BCUT2D eigenvalue weighted by atomic mass is 35.5. The lowest BCUT2D eigenvalue weighted by Gasteiger charge is -2.42. The fourth-order valence-electron chi connectivity index (χ4n) is 4.71. The molecule has 3 aromatic rings. The zero-order valence-corrected chi connectivity index (χ0v) is 18.3. The summed E-state index contributed by atoms with van der Waals surface area (Å²) >= 11 is 7.58. The zero-order valence-electron chi connectivity index (χ0n) is 16.8. The maximum Gasteiger partial charge on any atom is 0.152 e. The van der Waals surface area contributed by atoms with Crippen molar-refractivity contribution in [3.05, 3.63) is 46.6 Å². The molecule has 5 rings (SSSR count). The summed E-state index contributed by atoms with van der Waals surface area (Å²) in [5, 5.41) is 18.4. The molecule has 0 amide bonds. The Kier molecular flexibility index (Phi) is 5.25. The highest BCUT2D eigenvalue weighted by molar-refractivity contribution is 7.99. The molecule has 0 aromatic carbocycles. The number of aliphatic hydroxyl groups excluding tert-OH is 1. The fraction of sp³-hybridized carbons (Fsp3) is 0.400. The molecule has 162 valence electrons. The monoisotopic (exact) mass is 458 g/mol. The van der Waals surface area contributed by atoms with Crippen molar-refractivity contribution >= 4 is 35.0 Å². The Hall–Kier alpha value is -2.40. The number of nitrogen functional groups attached to an aromatic ring is 1. The first-order chi connectivity index (χ1) is 15.0. The SMILES string of the molecule is Nc1nccc(Sc2cnc(N3CCC4(CC3)c3[nH]ncc3C[C@H]4N)c(CO)n2)c1Cl. The van der Waals surface area contributed by atoms with E-state index in [-0.39, 0.29) is 23.9 Å². The van der Waals surface area contributed by atoms with Gasteiger partial charge in [-0.15, -0.1) is 0 Å². The van der Waals surface area contributed by atoms with Crippen molar-refractivity contribution in [3.63, 3.8) is 0 Å². The molecule has 1 aliphatic heterocycles. The number of aliphatic hydroxyl groups is 1. The molecule has 2 aliphatic rings. The number of fused-ring (bicyclic) bond motifs is 2. The molecular formula is C20H23ClN8OS. The minimum Gasteiger partial charge on any atom is -0.390 e.